The minimum Gasteiger partial charge on any atom is -0.369 e. The summed E-state index contributed by atoms with van der Waals surface area (Å²) in [6.45, 7) is 6.05. The molecule has 120 valence electrons. The third-order valence-corrected chi connectivity index (χ3v) is 4.65. The third kappa shape index (κ3) is 3.97. The van der Waals surface area contributed by atoms with Gasteiger partial charge in [0.15, 0.2) is 0 Å². The average Bonchev–Trinajstić information content (AvgIpc) is 3.33. The van der Waals surface area contributed by atoms with Crippen LogP contribution in [0.4, 0.5) is 10.1 Å². The van der Waals surface area contributed by atoms with Gasteiger partial charge in [0, 0.05) is 37.9 Å². The summed E-state index contributed by atoms with van der Waals surface area (Å²) in [5, 5.41) is 3.10. The third-order valence-electron chi connectivity index (χ3n) is 4.65. The summed E-state index contributed by atoms with van der Waals surface area (Å²) in [7, 11) is 0. The van der Waals surface area contributed by atoms with Crippen molar-refractivity contribution in [3.63, 3.8) is 0 Å². The molecular weight excluding hydrogens is 281 g/mol. The van der Waals surface area contributed by atoms with Crippen LogP contribution in [0.3, 0.4) is 0 Å². The number of benzene rings is 1. The minimum absolute atomic E-state index is 0.134. The zero-order valence-corrected chi connectivity index (χ0v) is 13.1. The molecule has 1 saturated heterocycles. The second-order valence-electron chi connectivity index (χ2n) is 6.43. The van der Waals surface area contributed by atoms with Crippen LogP contribution in [0.5, 0.6) is 0 Å². The van der Waals surface area contributed by atoms with Crippen LogP contribution in [0, 0.1) is 11.7 Å². The lowest BCUT2D eigenvalue weighted by Crippen LogP contribution is -2.50. The summed E-state index contributed by atoms with van der Waals surface area (Å²) in [6, 6.07) is 6.93. The van der Waals surface area contributed by atoms with Crippen LogP contribution in [0.1, 0.15) is 19.8 Å². The summed E-state index contributed by atoms with van der Waals surface area (Å²) < 4.78 is 13.0. The number of carbonyl (C=O) groups excluding carboxylic acids is 1. The highest BCUT2D eigenvalue weighted by molar-refractivity contribution is 5.78. The predicted molar refractivity (Wildman–Crippen MR) is 85.4 cm³/mol. The smallest absolute Gasteiger partial charge is 0.234 e. The standard InChI is InChI=1S/C17H24FN3O/c1-13(14-2-3-14)19-17(22)12-20-8-10-21(11-9-20)16-6-4-15(18)5-7-16/h4-7,13-14H,2-3,8-12H2,1H3,(H,19,22)/t13-/m0/s1. The van der Waals surface area contributed by atoms with E-state index in [4.69, 9.17) is 0 Å². The molecule has 1 amide bonds. The van der Waals surface area contributed by atoms with Crippen molar-refractivity contribution in [1.29, 1.82) is 0 Å². The predicted octanol–water partition coefficient (Wildman–Crippen LogP) is 1.86. The first kappa shape index (κ1) is 15.3. The van der Waals surface area contributed by atoms with E-state index in [0.29, 0.717) is 18.5 Å². The van der Waals surface area contributed by atoms with Crippen LogP contribution in [-0.2, 0) is 4.79 Å². The van der Waals surface area contributed by atoms with E-state index in [-0.39, 0.29) is 11.7 Å². The maximum atomic E-state index is 13.0. The monoisotopic (exact) mass is 305 g/mol. The Morgan fingerprint density at radius 2 is 1.86 bits per heavy atom. The molecule has 1 N–H and O–H groups in total. The van der Waals surface area contributed by atoms with Crippen molar-refractivity contribution in [2.75, 3.05) is 37.6 Å². The Morgan fingerprint density at radius 3 is 2.45 bits per heavy atom. The molecule has 0 radical (unpaired) electrons. The number of nitrogens with one attached hydrogen (secondary N) is 1. The van der Waals surface area contributed by atoms with Crippen LogP contribution in [0.25, 0.3) is 0 Å². The Hall–Kier alpha value is -1.62. The van der Waals surface area contributed by atoms with Gasteiger partial charge in [-0.1, -0.05) is 0 Å². The summed E-state index contributed by atoms with van der Waals surface area (Å²) in [4.78, 5) is 16.5. The van der Waals surface area contributed by atoms with Crippen molar-refractivity contribution in [3.05, 3.63) is 30.1 Å². The van der Waals surface area contributed by atoms with E-state index in [1.807, 2.05) is 12.1 Å². The normalized spacial score (nSPS) is 20.7. The fourth-order valence-electron chi connectivity index (χ4n) is 3.03. The van der Waals surface area contributed by atoms with Gasteiger partial charge in [0.05, 0.1) is 6.54 Å². The van der Waals surface area contributed by atoms with E-state index < -0.39 is 0 Å². The van der Waals surface area contributed by atoms with Gasteiger partial charge in [-0.2, -0.15) is 0 Å². The van der Waals surface area contributed by atoms with Crippen molar-refractivity contribution < 1.29 is 9.18 Å². The van der Waals surface area contributed by atoms with E-state index in [0.717, 1.165) is 31.9 Å². The topological polar surface area (TPSA) is 35.6 Å². The van der Waals surface area contributed by atoms with Gasteiger partial charge in [-0.3, -0.25) is 9.69 Å². The zero-order valence-electron chi connectivity index (χ0n) is 13.1. The number of rotatable bonds is 5. The van der Waals surface area contributed by atoms with Crippen molar-refractivity contribution in [3.8, 4) is 0 Å². The van der Waals surface area contributed by atoms with E-state index >= 15 is 0 Å². The maximum Gasteiger partial charge on any atom is 0.234 e. The van der Waals surface area contributed by atoms with Gasteiger partial charge in [-0.15, -0.1) is 0 Å². The Kier molecular flexibility index (Phi) is 4.62. The Bertz CT molecular complexity index is 507. The maximum absolute atomic E-state index is 13.0. The van der Waals surface area contributed by atoms with Crippen LogP contribution < -0.4 is 10.2 Å². The van der Waals surface area contributed by atoms with Crippen molar-refractivity contribution in [1.82, 2.24) is 10.2 Å². The van der Waals surface area contributed by atoms with E-state index in [1.54, 1.807) is 0 Å². The van der Waals surface area contributed by atoms with Crippen molar-refractivity contribution >= 4 is 11.6 Å². The fourth-order valence-corrected chi connectivity index (χ4v) is 3.03. The van der Waals surface area contributed by atoms with Gasteiger partial charge >= 0.3 is 0 Å². The molecule has 0 aromatic heterocycles. The van der Waals surface area contributed by atoms with E-state index in [1.165, 1.54) is 25.0 Å². The first-order valence-corrected chi connectivity index (χ1v) is 8.14. The minimum atomic E-state index is -0.205. The van der Waals surface area contributed by atoms with Crippen molar-refractivity contribution in [2.24, 2.45) is 5.92 Å². The highest BCUT2D eigenvalue weighted by atomic mass is 19.1. The molecular formula is C17H24FN3O. The summed E-state index contributed by atoms with van der Waals surface area (Å²) >= 11 is 0. The summed E-state index contributed by atoms with van der Waals surface area (Å²) in [6.07, 6.45) is 2.50. The first-order chi connectivity index (χ1) is 10.6. The summed E-state index contributed by atoms with van der Waals surface area (Å²) in [5.41, 5.74) is 1.05. The lowest BCUT2D eigenvalue weighted by atomic mass is 10.2. The number of anilines is 1. The number of amides is 1. The molecule has 4 nitrogen and oxygen atoms in total. The molecule has 22 heavy (non-hydrogen) atoms. The highest BCUT2D eigenvalue weighted by Crippen LogP contribution is 2.32. The van der Waals surface area contributed by atoms with Crippen LogP contribution in [-0.4, -0.2) is 49.6 Å². The van der Waals surface area contributed by atoms with Gasteiger partial charge in [-0.05, 0) is 49.9 Å². The van der Waals surface area contributed by atoms with E-state index in [2.05, 4.69) is 22.0 Å². The molecule has 0 bridgehead atoms. The fraction of sp³-hybridized carbons (Fsp3) is 0.588. The first-order valence-electron chi connectivity index (χ1n) is 8.14. The second kappa shape index (κ2) is 6.65. The summed E-state index contributed by atoms with van der Waals surface area (Å²) in [5.74, 6) is 0.623. The average molecular weight is 305 g/mol. The molecule has 2 fully saturated rings. The molecule has 1 saturated carbocycles. The van der Waals surface area contributed by atoms with Gasteiger partial charge in [-0.25, -0.2) is 4.39 Å². The number of nitrogens with zero attached hydrogens (tertiary/aromatic N) is 2. The quantitative estimate of drug-likeness (QED) is 0.902. The zero-order chi connectivity index (χ0) is 15.5. The van der Waals surface area contributed by atoms with Crippen LogP contribution in [0.2, 0.25) is 0 Å². The number of hydrogen-bond acceptors (Lipinski definition) is 3. The molecule has 1 heterocycles. The van der Waals surface area contributed by atoms with Gasteiger partial charge in [0.1, 0.15) is 5.82 Å². The molecule has 1 aliphatic carbocycles. The van der Waals surface area contributed by atoms with Crippen LogP contribution >= 0.6 is 0 Å². The van der Waals surface area contributed by atoms with Gasteiger partial charge in [0.2, 0.25) is 5.91 Å². The van der Waals surface area contributed by atoms with E-state index in [9.17, 15) is 9.18 Å². The molecule has 2 aliphatic rings. The molecule has 1 aromatic carbocycles. The number of piperazine rings is 1. The molecule has 1 aliphatic heterocycles. The molecule has 3 rings (SSSR count). The molecule has 5 heteroatoms. The lowest BCUT2D eigenvalue weighted by Gasteiger charge is -2.35. The van der Waals surface area contributed by atoms with Crippen molar-refractivity contribution in [2.45, 2.75) is 25.8 Å². The molecule has 1 aromatic rings. The Balaban J connectivity index is 1.43. The Labute approximate surface area is 131 Å². The molecule has 0 spiro atoms. The Morgan fingerprint density at radius 1 is 1.23 bits per heavy atom. The highest BCUT2D eigenvalue weighted by Gasteiger charge is 2.29. The number of halogens is 1. The second-order valence-corrected chi connectivity index (χ2v) is 6.43. The largest absolute Gasteiger partial charge is 0.369 e. The lowest BCUT2D eigenvalue weighted by molar-refractivity contribution is -0.123. The van der Waals surface area contributed by atoms with Gasteiger partial charge < -0.3 is 10.2 Å². The van der Waals surface area contributed by atoms with Gasteiger partial charge in [0.25, 0.3) is 0 Å². The van der Waals surface area contributed by atoms with Crippen LogP contribution in [0.15, 0.2) is 24.3 Å². The molecule has 1 atom stereocenters. The molecule has 0 unspecified atom stereocenters. The number of hydrogen-bond donors (Lipinski definition) is 1. The SMILES string of the molecule is C[C@H](NC(=O)CN1CCN(c2ccc(F)cc2)CC1)C1CC1. The number of carbonyl (C=O) groups is 1.